The Morgan fingerprint density at radius 2 is 1.73 bits per heavy atom. The Balaban J connectivity index is 2.25. The molecule has 0 spiro atoms. The monoisotopic (exact) mass is 198 g/mol. The van der Waals surface area contributed by atoms with Crippen LogP contribution in [0.3, 0.4) is 0 Å². The third-order valence-corrected chi connectivity index (χ3v) is 3.45. The number of hydrogen-bond acceptors (Lipinski definition) is 0. The first-order valence-electron chi connectivity index (χ1n) is 5.81. The van der Waals surface area contributed by atoms with Gasteiger partial charge in [0.15, 0.2) is 0 Å². The first kappa shape index (κ1) is 10.3. The summed E-state index contributed by atoms with van der Waals surface area (Å²) in [6, 6.07) is 6.67. The molecule has 0 radical (unpaired) electrons. The Morgan fingerprint density at radius 3 is 2.40 bits per heavy atom. The van der Waals surface area contributed by atoms with Crippen LogP contribution in [-0.4, -0.2) is 0 Å². The maximum absolute atomic E-state index is 3.23. The summed E-state index contributed by atoms with van der Waals surface area (Å²) in [7, 11) is 0. The summed E-state index contributed by atoms with van der Waals surface area (Å²) in [6.45, 7) is 4.45. The van der Waals surface area contributed by atoms with Gasteiger partial charge in [0.05, 0.1) is 0 Å². The van der Waals surface area contributed by atoms with E-state index in [1.54, 1.807) is 5.56 Å². The van der Waals surface area contributed by atoms with E-state index in [-0.39, 0.29) is 0 Å². The van der Waals surface area contributed by atoms with Gasteiger partial charge in [-0.15, -0.1) is 11.8 Å². The molecular formula is C15H18. The molecule has 0 N–H and O–H groups in total. The first-order chi connectivity index (χ1) is 7.29. The lowest BCUT2D eigenvalue weighted by Crippen LogP contribution is -2.01. The zero-order chi connectivity index (χ0) is 10.7. The van der Waals surface area contributed by atoms with E-state index in [1.807, 2.05) is 0 Å². The topological polar surface area (TPSA) is 0 Å². The van der Waals surface area contributed by atoms with Crippen molar-refractivity contribution in [2.75, 3.05) is 0 Å². The SMILES string of the molecule is Cc1cccc(C2CCC#CCC2)c1C. The smallest absolute Gasteiger partial charge is 0.00945 e. The summed E-state index contributed by atoms with van der Waals surface area (Å²) < 4.78 is 0. The van der Waals surface area contributed by atoms with E-state index >= 15 is 0 Å². The molecule has 1 aromatic carbocycles. The Hall–Kier alpha value is -1.22. The average Bonchev–Trinajstić information content (AvgIpc) is 2.50. The highest BCUT2D eigenvalue weighted by Gasteiger charge is 2.14. The van der Waals surface area contributed by atoms with Crippen molar-refractivity contribution >= 4 is 0 Å². The van der Waals surface area contributed by atoms with Gasteiger partial charge in [0.25, 0.3) is 0 Å². The molecule has 0 nitrogen and oxygen atoms in total. The highest BCUT2D eigenvalue weighted by Crippen LogP contribution is 2.30. The van der Waals surface area contributed by atoms with E-state index in [2.05, 4.69) is 43.9 Å². The second-order valence-corrected chi connectivity index (χ2v) is 4.42. The minimum atomic E-state index is 0.715. The fourth-order valence-corrected chi connectivity index (χ4v) is 2.34. The second kappa shape index (κ2) is 4.53. The van der Waals surface area contributed by atoms with Crippen LogP contribution >= 0.6 is 0 Å². The average molecular weight is 198 g/mol. The predicted molar refractivity (Wildman–Crippen MR) is 64.9 cm³/mol. The molecule has 0 saturated carbocycles. The Morgan fingerprint density at radius 1 is 1.07 bits per heavy atom. The summed E-state index contributed by atoms with van der Waals surface area (Å²) >= 11 is 0. The first-order valence-corrected chi connectivity index (χ1v) is 5.81. The van der Waals surface area contributed by atoms with E-state index in [0.29, 0.717) is 5.92 Å². The maximum atomic E-state index is 3.23. The van der Waals surface area contributed by atoms with Crippen LogP contribution in [0.15, 0.2) is 18.2 Å². The lowest BCUT2D eigenvalue weighted by atomic mass is 9.87. The molecule has 0 atom stereocenters. The van der Waals surface area contributed by atoms with Gasteiger partial charge in [-0.2, -0.15) is 0 Å². The molecule has 2 rings (SSSR count). The summed E-state index contributed by atoms with van der Waals surface area (Å²) in [4.78, 5) is 0. The normalized spacial score (nSPS) is 16.7. The van der Waals surface area contributed by atoms with Crippen LogP contribution in [0.1, 0.15) is 48.3 Å². The van der Waals surface area contributed by atoms with Gasteiger partial charge in [-0.1, -0.05) is 18.2 Å². The Kier molecular flexibility index (Phi) is 3.11. The van der Waals surface area contributed by atoms with Gasteiger partial charge in [0, 0.05) is 12.8 Å². The highest BCUT2D eigenvalue weighted by atomic mass is 14.2. The van der Waals surface area contributed by atoms with Crippen molar-refractivity contribution in [1.29, 1.82) is 0 Å². The van der Waals surface area contributed by atoms with E-state index in [4.69, 9.17) is 0 Å². The zero-order valence-corrected chi connectivity index (χ0v) is 9.64. The minimum Gasteiger partial charge on any atom is -0.103 e. The van der Waals surface area contributed by atoms with E-state index in [0.717, 1.165) is 12.8 Å². The van der Waals surface area contributed by atoms with E-state index in [1.165, 1.54) is 24.0 Å². The van der Waals surface area contributed by atoms with Crippen LogP contribution in [0.2, 0.25) is 0 Å². The molecule has 1 aromatic rings. The van der Waals surface area contributed by atoms with Gasteiger partial charge in [-0.25, -0.2) is 0 Å². The van der Waals surface area contributed by atoms with Crippen LogP contribution in [0.4, 0.5) is 0 Å². The van der Waals surface area contributed by atoms with Crippen molar-refractivity contribution in [3.05, 3.63) is 34.9 Å². The zero-order valence-electron chi connectivity index (χ0n) is 9.64. The van der Waals surface area contributed by atoms with Crippen LogP contribution in [0, 0.1) is 25.7 Å². The standard InChI is InChI=1S/C15H18/c1-12-8-7-11-15(13(12)2)14-9-5-3-4-6-10-14/h7-8,11,14H,5-6,9-10H2,1-2H3. The van der Waals surface area contributed by atoms with E-state index < -0.39 is 0 Å². The van der Waals surface area contributed by atoms with Crippen molar-refractivity contribution in [2.45, 2.75) is 45.4 Å². The lowest BCUT2D eigenvalue weighted by molar-refractivity contribution is 0.602. The van der Waals surface area contributed by atoms with Crippen molar-refractivity contribution < 1.29 is 0 Å². The molecule has 0 aromatic heterocycles. The van der Waals surface area contributed by atoms with Crippen LogP contribution < -0.4 is 0 Å². The number of benzene rings is 1. The molecular weight excluding hydrogens is 180 g/mol. The predicted octanol–water partition coefficient (Wildman–Crippen LogP) is 3.96. The molecule has 0 bridgehead atoms. The summed E-state index contributed by atoms with van der Waals surface area (Å²) in [5.74, 6) is 7.18. The number of rotatable bonds is 1. The van der Waals surface area contributed by atoms with Gasteiger partial charge >= 0.3 is 0 Å². The number of aryl methyl sites for hydroxylation is 1. The lowest BCUT2D eigenvalue weighted by Gasteiger charge is -2.18. The molecule has 0 heterocycles. The minimum absolute atomic E-state index is 0.715. The Labute approximate surface area is 92.7 Å². The molecule has 0 aliphatic heterocycles. The molecule has 15 heavy (non-hydrogen) atoms. The van der Waals surface area contributed by atoms with Crippen molar-refractivity contribution in [2.24, 2.45) is 0 Å². The summed E-state index contributed by atoms with van der Waals surface area (Å²) in [5.41, 5.74) is 4.43. The molecule has 1 aliphatic rings. The molecule has 1 aliphatic carbocycles. The molecule has 78 valence electrons. The molecule has 0 unspecified atom stereocenters. The van der Waals surface area contributed by atoms with E-state index in [9.17, 15) is 0 Å². The summed E-state index contributed by atoms with van der Waals surface area (Å²) in [6.07, 6.45) is 4.60. The quantitative estimate of drug-likeness (QED) is 0.599. The summed E-state index contributed by atoms with van der Waals surface area (Å²) in [5, 5.41) is 0. The van der Waals surface area contributed by atoms with Gasteiger partial charge < -0.3 is 0 Å². The second-order valence-electron chi connectivity index (χ2n) is 4.42. The largest absolute Gasteiger partial charge is 0.103 e. The molecule has 0 fully saturated rings. The molecule has 0 heteroatoms. The fraction of sp³-hybridized carbons (Fsp3) is 0.467. The third kappa shape index (κ3) is 2.23. The fourth-order valence-electron chi connectivity index (χ4n) is 2.34. The molecule has 0 saturated heterocycles. The van der Waals surface area contributed by atoms with Gasteiger partial charge in [-0.3, -0.25) is 0 Å². The van der Waals surface area contributed by atoms with Crippen molar-refractivity contribution in [3.63, 3.8) is 0 Å². The van der Waals surface area contributed by atoms with Crippen LogP contribution in [0.5, 0.6) is 0 Å². The van der Waals surface area contributed by atoms with Gasteiger partial charge in [-0.05, 0) is 49.3 Å². The van der Waals surface area contributed by atoms with Gasteiger partial charge in [0.2, 0.25) is 0 Å². The van der Waals surface area contributed by atoms with Crippen LogP contribution in [-0.2, 0) is 0 Å². The maximum Gasteiger partial charge on any atom is 0.00945 e. The van der Waals surface area contributed by atoms with Gasteiger partial charge in [0.1, 0.15) is 0 Å². The molecule has 0 amide bonds. The Bertz CT molecular complexity index is 392. The van der Waals surface area contributed by atoms with Crippen molar-refractivity contribution in [1.82, 2.24) is 0 Å². The highest BCUT2D eigenvalue weighted by molar-refractivity contribution is 5.36. The van der Waals surface area contributed by atoms with Crippen LogP contribution in [0.25, 0.3) is 0 Å². The van der Waals surface area contributed by atoms with Crippen molar-refractivity contribution in [3.8, 4) is 11.8 Å². The third-order valence-electron chi connectivity index (χ3n) is 3.45. The number of hydrogen-bond donors (Lipinski definition) is 0.